The number of nitrogens with zero attached hydrogens (tertiary/aromatic N) is 3. The third kappa shape index (κ3) is 4.56. The van der Waals surface area contributed by atoms with Crippen LogP contribution >= 0.6 is 22.6 Å². The molecule has 5 heteroatoms. The van der Waals surface area contributed by atoms with E-state index in [0.717, 1.165) is 15.6 Å². The first-order valence-electron chi connectivity index (χ1n) is 12.5. The predicted molar refractivity (Wildman–Crippen MR) is 154 cm³/mol. The molecule has 2 aliphatic heterocycles. The molecule has 3 aromatic carbocycles. The third-order valence-electron chi connectivity index (χ3n) is 7.50. The summed E-state index contributed by atoms with van der Waals surface area (Å²) in [4.78, 5) is 20.2. The van der Waals surface area contributed by atoms with Crippen LogP contribution in [0.5, 0.6) is 0 Å². The minimum atomic E-state index is 0.00539. The van der Waals surface area contributed by atoms with Crippen LogP contribution in [0.4, 0.5) is 0 Å². The van der Waals surface area contributed by atoms with E-state index in [4.69, 9.17) is 0 Å². The highest BCUT2D eigenvalue weighted by molar-refractivity contribution is 14.1. The molecule has 1 fully saturated rings. The van der Waals surface area contributed by atoms with E-state index in [1.165, 1.54) is 16.7 Å². The van der Waals surface area contributed by atoms with Gasteiger partial charge in [0.15, 0.2) is 0 Å². The Balaban J connectivity index is 1.57. The number of amides is 1. The van der Waals surface area contributed by atoms with Crippen LogP contribution < -0.4 is 0 Å². The lowest BCUT2D eigenvalue weighted by Crippen LogP contribution is -2.41. The average Bonchev–Trinajstić information content (AvgIpc) is 3.18. The Hall–Kier alpha value is -2.74. The second-order valence-corrected chi connectivity index (χ2v) is 10.8. The lowest BCUT2D eigenvalue weighted by Gasteiger charge is -2.35. The van der Waals surface area contributed by atoms with Gasteiger partial charge in [-0.1, -0.05) is 85.8 Å². The van der Waals surface area contributed by atoms with E-state index in [1.807, 2.05) is 30.5 Å². The first-order chi connectivity index (χ1) is 17.5. The van der Waals surface area contributed by atoms with E-state index in [1.54, 1.807) is 4.90 Å². The zero-order chi connectivity index (χ0) is 25.2. The monoisotopic (exact) mass is 589 g/mol. The predicted octanol–water partition coefficient (Wildman–Crippen LogP) is 6.86. The summed E-state index contributed by atoms with van der Waals surface area (Å²) in [7, 11) is 4.44. The number of rotatable bonds is 5. The maximum atomic E-state index is 13.5. The van der Waals surface area contributed by atoms with Crippen molar-refractivity contribution >= 4 is 28.5 Å². The average molecular weight is 590 g/mol. The van der Waals surface area contributed by atoms with Gasteiger partial charge in [0.2, 0.25) is 0 Å². The second kappa shape index (κ2) is 10.7. The van der Waals surface area contributed by atoms with Crippen LogP contribution in [0.1, 0.15) is 46.9 Å². The summed E-state index contributed by atoms with van der Waals surface area (Å²) < 4.78 is 0.962. The molecule has 3 atom stereocenters. The van der Waals surface area contributed by atoms with Gasteiger partial charge in [-0.3, -0.25) is 19.5 Å². The van der Waals surface area contributed by atoms with Gasteiger partial charge in [0.25, 0.3) is 5.91 Å². The van der Waals surface area contributed by atoms with Gasteiger partial charge in [0, 0.05) is 21.9 Å². The van der Waals surface area contributed by atoms with Crippen molar-refractivity contribution in [2.75, 3.05) is 14.1 Å². The van der Waals surface area contributed by atoms with Gasteiger partial charge >= 0.3 is 0 Å². The highest BCUT2D eigenvalue weighted by Crippen LogP contribution is 2.48. The van der Waals surface area contributed by atoms with E-state index in [-0.39, 0.29) is 30.1 Å². The quantitative estimate of drug-likeness (QED) is 0.305. The number of likely N-dealkylation sites (N-methyl/N-ethyl adjacent to an activating group) is 2. The highest BCUT2D eigenvalue weighted by Gasteiger charge is 2.47. The molecule has 0 aromatic heterocycles. The zero-order valence-electron chi connectivity index (χ0n) is 21.0. The molecular formula is C31H32IN3O. The van der Waals surface area contributed by atoms with Crippen molar-refractivity contribution in [1.82, 2.24) is 14.7 Å². The smallest absolute Gasteiger partial charge is 0.262 e. The van der Waals surface area contributed by atoms with Crippen molar-refractivity contribution in [3.05, 3.63) is 129 Å². The fourth-order valence-corrected chi connectivity index (χ4v) is 6.40. The van der Waals surface area contributed by atoms with Crippen molar-refractivity contribution in [3.8, 4) is 0 Å². The number of benzene rings is 3. The summed E-state index contributed by atoms with van der Waals surface area (Å²) in [5.41, 5.74) is 4.58. The maximum absolute atomic E-state index is 13.5. The molecule has 0 radical (unpaired) electrons. The molecular weight excluding hydrogens is 557 g/mol. The molecule has 0 aliphatic carbocycles. The van der Waals surface area contributed by atoms with Gasteiger partial charge in [0.1, 0.15) is 0 Å². The highest BCUT2D eigenvalue weighted by atomic mass is 127. The molecule has 3 aromatic rings. The lowest BCUT2D eigenvalue weighted by molar-refractivity contribution is 0.0859. The summed E-state index contributed by atoms with van der Waals surface area (Å²) >= 11 is 2.24. The standard InChI is InChI=1S/C31H32IN3O/c1-4-22-19-20-35(31(36)25-17-11-12-18-27(25)32)21-26(22)30-33(2)28(23-13-7-5-8-14-23)29(34(30)3)24-15-9-6-10-16-24/h5-22,28-30H,4H2,1-3H3/t22-,28+,29+/m1/s1. The van der Waals surface area contributed by atoms with Crippen LogP contribution in [0.2, 0.25) is 0 Å². The summed E-state index contributed by atoms with van der Waals surface area (Å²) in [5, 5.41) is 0. The largest absolute Gasteiger partial charge is 0.291 e. The Morgan fingerprint density at radius 2 is 1.33 bits per heavy atom. The molecule has 1 saturated heterocycles. The molecule has 0 unspecified atom stereocenters. The van der Waals surface area contributed by atoms with Crippen molar-refractivity contribution in [2.45, 2.75) is 31.6 Å². The van der Waals surface area contributed by atoms with Crippen LogP contribution in [0.3, 0.4) is 0 Å². The Labute approximate surface area is 228 Å². The topological polar surface area (TPSA) is 26.8 Å². The lowest BCUT2D eigenvalue weighted by atomic mass is 9.91. The van der Waals surface area contributed by atoms with E-state index >= 15 is 0 Å². The number of allylic oxidation sites excluding steroid dienone is 1. The molecule has 0 N–H and O–H groups in total. The van der Waals surface area contributed by atoms with E-state index < -0.39 is 0 Å². The van der Waals surface area contributed by atoms with Crippen LogP contribution in [-0.2, 0) is 0 Å². The summed E-state index contributed by atoms with van der Waals surface area (Å²) in [6.07, 6.45) is 7.27. The van der Waals surface area contributed by atoms with Gasteiger partial charge in [-0.05, 0) is 71.9 Å². The second-order valence-electron chi connectivity index (χ2n) is 9.59. The van der Waals surface area contributed by atoms with Crippen molar-refractivity contribution in [1.29, 1.82) is 0 Å². The molecule has 2 aliphatic rings. The van der Waals surface area contributed by atoms with Gasteiger partial charge in [0.05, 0.1) is 23.8 Å². The third-order valence-corrected chi connectivity index (χ3v) is 8.44. The Morgan fingerprint density at radius 1 is 0.806 bits per heavy atom. The van der Waals surface area contributed by atoms with Gasteiger partial charge in [-0.25, -0.2) is 0 Å². The van der Waals surface area contributed by atoms with Gasteiger partial charge in [-0.2, -0.15) is 0 Å². The SMILES string of the molecule is CC[C@@H]1C=CN(C(=O)c2ccccc2I)C=C1C1N(C)[C@@H](c2ccccc2)[C@H](c2ccccc2)N1C. The number of carbonyl (C=O) groups excluding carboxylic acids is 1. The first-order valence-corrected chi connectivity index (χ1v) is 13.6. The molecule has 2 heterocycles. The van der Waals surface area contributed by atoms with Crippen LogP contribution in [0.15, 0.2) is 109 Å². The van der Waals surface area contributed by atoms with Gasteiger partial charge in [-0.15, -0.1) is 0 Å². The first kappa shape index (κ1) is 24.9. The number of hydrogen-bond acceptors (Lipinski definition) is 3. The minimum Gasteiger partial charge on any atom is -0.291 e. The van der Waals surface area contributed by atoms with E-state index in [9.17, 15) is 4.79 Å². The number of carbonyl (C=O) groups is 1. The summed E-state index contributed by atoms with van der Waals surface area (Å²) in [6, 6.07) is 29.7. The van der Waals surface area contributed by atoms with Crippen LogP contribution in [0.25, 0.3) is 0 Å². The summed E-state index contributed by atoms with van der Waals surface area (Å²) in [5.74, 6) is 0.274. The fraction of sp³-hybridized carbons (Fsp3) is 0.258. The maximum Gasteiger partial charge on any atom is 0.262 e. The van der Waals surface area contributed by atoms with E-state index in [0.29, 0.717) is 0 Å². The molecule has 0 saturated carbocycles. The van der Waals surface area contributed by atoms with Crippen molar-refractivity contribution in [2.24, 2.45) is 5.92 Å². The Bertz CT molecular complexity index is 1220. The molecule has 4 nitrogen and oxygen atoms in total. The number of halogens is 1. The molecule has 1 amide bonds. The van der Waals surface area contributed by atoms with Crippen molar-refractivity contribution in [3.63, 3.8) is 0 Å². The molecule has 184 valence electrons. The zero-order valence-corrected chi connectivity index (χ0v) is 23.1. The van der Waals surface area contributed by atoms with Crippen LogP contribution in [0, 0.1) is 9.49 Å². The minimum absolute atomic E-state index is 0.00539. The Kier molecular flexibility index (Phi) is 7.42. The Morgan fingerprint density at radius 3 is 1.86 bits per heavy atom. The molecule has 0 spiro atoms. The number of hydrogen-bond donors (Lipinski definition) is 0. The fourth-order valence-electron chi connectivity index (χ4n) is 5.78. The van der Waals surface area contributed by atoms with Crippen molar-refractivity contribution < 1.29 is 4.79 Å². The molecule has 36 heavy (non-hydrogen) atoms. The van der Waals surface area contributed by atoms with Crippen LogP contribution in [-0.4, -0.2) is 40.9 Å². The molecule has 5 rings (SSSR count). The normalized spacial score (nSPS) is 23.2. The molecule has 0 bridgehead atoms. The van der Waals surface area contributed by atoms with E-state index in [2.05, 4.69) is 126 Å². The van der Waals surface area contributed by atoms with Gasteiger partial charge < -0.3 is 0 Å². The summed E-state index contributed by atoms with van der Waals surface area (Å²) in [6.45, 7) is 2.22.